The van der Waals surface area contributed by atoms with Gasteiger partial charge in [0, 0.05) is 51.6 Å². The number of fused-ring (bicyclic) bond motifs is 1. The Kier molecular flexibility index (Phi) is 7.14. The van der Waals surface area contributed by atoms with Crippen molar-refractivity contribution in [3.8, 4) is 16.8 Å². The van der Waals surface area contributed by atoms with E-state index >= 15 is 0 Å². The number of hydrogen-bond acceptors (Lipinski definition) is 4. The molecule has 0 aliphatic rings. The average Bonchev–Trinajstić information content (AvgIpc) is 3.43. The van der Waals surface area contributed by atoms with Crippen LogP contribution in [-0.2, 0) is 10.3 Å². The van der Waals surface area contributed by atoms with Crippen LogP contribution < -0.4 is 5.73 Å². The predicted molar refractivity (Wildman–Crippen MR) is 139 cm³/mol. The molecule has 2 aromatic carbocycles. The summed E-state index contributed by atoms with van der Waals surface area (Å²) < 4.78 is 17.2. The van der Waals surface area contributed by atoms with Crippen LogP contribution in [0.15, 0.2) is 48.8 Å². The molecule has 0 saturated heterocycles. The molecule has 7 nitrogen and oxygen atoms in total. The third-order valence-corrected chi connectivity index (χ3v) is 5.96. The minimum Gasteiger partial charge on any atom is -0.479 e. The summed E-state index contributed by atoms with van der Waals surface area (Å²) in [6.45, 7) is 11.3. The van der Waals surface area contributed by atoms with Gasteiger partial charge in [0.15, 0.2) is 5.54 Å². The first-order valence-corrected chi connectivity index (χ1v) is 11.6. The van der Waals surface area contributed by atoms with Gasteiger partial charge in [0.05, 0.1) is 11.7 Å². The van der Waals surface area contributed by atoms with E-state index in [1.807, 2.05) is 30.5 Å². The number of halogens is 1. The summed E-state index contributed by atoms with van der Waals surface area (Å²) in [6.07, 6.45) is 4.59. The summed E-state index contributed by atoms with van der Waals surface area (Å²) in [5.74, 6) is -1.27. The van der Waals surface area contributed by atoms with Crippen molar-refractivity contribution in [3.05, 3.63) is 65.9 Å². The van der Waals surface area contributed by atoms with E-state index in [0.29, 0.717) is 11.3 Å². The topological polar surface area (TPSA) is 110 Å². The van der Waals surface area contributed by atoms with Crippen LogP contribution in [0.25, 0.3) is 27.7 Å². The Morgan fingerprint density at radius 2 is 1.83 bits per heavy atom. The highest BCUT2D eigenvalue weighted by Crippen LogP contribution is 2.42. The van der Waals surface area contributed by atoms with Gasteiger partial charge in [-0.15, -0.1) is 0 Å². The molecule has 0 saturated carbocycles. The van der Waals surface area contributed by atoms with Crippen molar-refractivity contribution < 1.29 is 14.3 Å². The Morgan fingerprint density at radius 1 is 1.20 bits per heavy atom. The maximum Gasteiger partial charge on any atom is 0.331 e. The summed E-state index contributed by atoms with van der Waals surface area (Å²) in [5, 5.41) is 22.6. The number of aromatic nitrogens is 3. The first-order chi connectivity index (χ1) is 16.6. The second-order valence-electron chi connectivity index (χ2n) is 8.91. The van der Waals surface area contributed by atoms with E-state index in [4.69, 9.17) is 11.1 Å². The molecule has 0 fully saturated rings. The Bertz CT molecular complexity index is 1380. The summed E-state index contributed by atoms with van der Waals surface area (Å²) in [6, 6.07) is 9.92. The number of rotatable bonds is 6. The molecule has 0 spiro atoms. The van der Waals surface area contributed by atoms with Gasteiger partial charge in [0.1, 0.15) is 5.82 Å². The lowest BCUT2D eigenvalue weighted by Crippen LogP contribution is -2.35. The average molecular weight is 478 g/mol. The standard InChI is InChI=1S/C25H26FN5O2.C2H6/c1-14(2)23-22(16-12-29-30(13-16)25(3,4)24(32)33)19-10-20(28)15(11-27)9-21(19)31(23)18-7-5-17(26)6-8-18;1-2/h5-14,27H,28H2,1-4H3,(H,32,33);1-2H3. The van der Waals surface area contributed by atoms with E-state index in [1.54, 1.807) is 38.4 Å². The van der Waals surface area contributed by atoms with Crippen molar-refractivity contribution in [2.45, 2.75) is 53.0 Å². The van der Waals surface area contributed by atoms with Crippen LogP contribution in [-0.4, -0.2) is 31.6 Å². The van der Waals surface area contributed by atoms with Crippen LogP contribution in [0.4, 0.5) is 10.1 Å². The van der Waals surface area contributed by atoms with Crippen molar-refractivity contribution in [3.63, 3.8) is 0 Å². The number of aliphatic carboxylic acids is 1. The summed E-state index contributed by atoms with van der Waals surface area (Å²) >= 11 is 0. The zero-order valence-electron chi connectivity index (χ0n) is 20.9. The summed E-state index contributed by atoms with van der Waals surface area (Å²) in [5.41, 5.74) is 10.2. The van der Waals surface area contributed by atoms with Crippen LogP contribution in [0.5, 0.6) is 0 Å². The fourth-order valence-electron chi connectivity index (χ4n) is 4.09. The third-order valence-electron chi connectivity index (χ3n) is 5.96. The number of carbonyl (C=O) groups is 1. The van der Waals surface area contributed by atoms with Crippen LogP contribution in [0.2, 0.25) is 0 Å². The van der Waals surface area contributed by atoms with Gasteiger partial charge >= 0.3 is 5.97 Å². The monoisotopic (exact) mass is 477 g/mol. The molecule has 0 radical (unpaired) electrons. The Balaban J connectivity index is 0.00000167. The smallest absolute Gasteiger partial charge is 0.331 e. The second kappa shape index (κ2) is 9.74. The molecular formula is C27H32FN5O2. The Hall–Kier alpha value is -3.94. The van der Waals surface area contributed by atoms with Gasteiger partial charge in [-0.2, -0.15) is 5.10 Å². The van der Waals surface area contributed by atoms with Gasteiger partial charge < -0.3 is 20.8 Å². The van der Waals surface area contributed by atoms with Gasteiger partial charge in [-0.1, -0.05) is 27.7 Å². The van der Waals surface area contributed by atoms with Gasteiger partial charge in [-0.25, -0.2) is 9.18 Å². The van der Waals surface area contributed by atoms with Crippen molar-refractivity contribution in [2.24, 2.45) is 0 Å². The lowest BCUT2D eigenvalue weighted by Gasteiger charge is -2.19. The Labute approximate surface area is 204 Å². The van der Waals surface area contributed by atoms with E-state index in [2.05, 4.69) is 18.9 Å². The molecule has 4 aromatic rings. The molecule has 0 unspecified atom stereocenters. The first-order valence-electron chi connectivity index (χ1n) is 11.6. The molecule has 35 heavy (non-hydrogen) atoms. The number of nitrogens with two attached hydrogens (primary N) is 1. The lowest BCUT2D eigenvalue weighted by atomic mass is 9.98. The molecule has 184 valence electrons. The van der Waals surface area contributed by atoms with Crippen molar-refractivity contribution in [2.75, 3.05) is 5.73 Å². The molecule has 0 aliphatic heterocycles. The van der Waals surface area contributed by atoms with Crippen LogP contribution in [0, 0.1) is 11.2 Å². The van der Waals surface area contributed by atoms with Crippen molar-refractivity contribution in [1.82, 2.24) is 14.3 Å². The molecule has 4 N–H and O–H groups in total. The van der Waals surface area contributed by atoms with Gasteiger partial charge in [-0.3, -0.25) is 4.68 Å². The maximum absolute atomic E-state index is 13.7. The highest BCUT2D eigenvalue weighted by atomic mass is 19.1. The van der Waals surface area contributed by atoms with Crippen molar-refractivity contribution >= 4 is 28.8 Å². The minimum absolute atomic E-state index is 0.0537. The molecule has 2 aromatic heterocycles. The fraction of sp³-hybridized carbons (Fsp3) is 0.296. The van der Waals surface area contributed by atoms with E-state index < -0.39 is 11.5 Å². The largest absolute Gasteiger partial charge is 0.479 e. The highest BCUT2D eigenvalue weighted by molar-refractivity contribution is 6.04. The lowest BCUT2D eigenvalue weighted by molar-refractivity contribution is -0.146. The summed E-state index contributed by atoms with van der Waals surface area (Å²) in [4.78, 5) is 11.8. The molecule has 4 rings (SSSR count). The molecule has 0 atom stereocenters. The molecular weight excluding hydrogens is 445 g/mol. The maximum atomic E-state index is 13.7. The molecule has 8 heteroatoms. The molecule has 2 heterocycles. The Morgan fingerprint density at radius 3 is 2.37 bits per heavy atom. The zero-order valence-corrected chi connectivity index (χ0v) is 20.9. The molecule has 0 bridgehead atoms. The van der Waals surface area contributed by atoms with Gasteiger partial charge in [0.25, 0.3) is 0 Å². The summed E-state index contributed by atoms with van der Waals surface area (Å²) in [7, 11) is 0. The number of carboxylic acid groups (broad SMARTS) is 1. The van der Waals surface area contributed by atoms with Gasteiger partial charge in [-0.05, 0) is 56.2 Å². The SMILES string of the molecule is CC.CC(C)c1c(-c2cnn(C(C)(C)C(=O)O)c2)c2cc(N)c(C=N)cc2n1-c1ccc(F)cc1. The normalized spacial score (nSPS) is 11.4. The molecule has 0 amide bonds. The second-order valence-corrected chi connectivity index (χ2v) is 8.91. The first kappa shape index (κ1) is 25.7. The number of hydrogen-bond donors (Lipinski definition) is 3. The molecule has 0 aliphatic carbocycles. The predicted octanol–water partition coefficient (Wildman–Crippen LogP) is 6.18. The third kappa shape index (κ3) is 4.43. The van der Waals surface area contributed by atoms with E-state index in [-0.39, 0.29) is 11.7 Å². The highest BCUT2D eigenvalue weighted by Gasteiger charge is 2.31. The zero-order chi connectivity index (χ0) is 26.1. The van der Waals surface area contributed by atoms with E-state index in [1.165, 1.54) is 23.0 Å². The number of anilines is 1. The fourth-order valence-corrected chi connectivity index (χ4v) is 4.09. The minimum atomic E-state index is -1.22. The van der Waals surface area contributed by atoms with Crippen LogP contribution in [0.3, 0.4) is 0 Å². The van der Waals surface area contributed by atoms with Gasteiger partial charge in [0.2, 0.25) is 0 Å². The van der Waals surface area contributed by atoms with E-state index in [9.17, 15) is 14.3 Å². The van der Waals surface area contributed by atoms with Crippen molar-refractivity contribution in [1.29, 1.82) is 5.41 Å². The number of nitrogens with zero attached hydrogens (tertiary/aromatic N) is 3. The van der Waals surface area contributed by atoms with Crippen LogP contribution >= 0.6 is 0 Å². The van der Waals surface area contributed by atoms with Crippen LogP contribution in [0.1, 0.15) is 58.7 Å². The number of benzene rings is 2. The number of carboxylic acids is 1. The quantitative estimate of drug-likeness (QED) is 0.227. The number of nitrogen functional groups attached to an aromatic ring is 1. The van der Waals surface area contributed by atoms with E-state index in [0.717, 1.165) is 33.4 Å². The number of nitrogens with one attached hydrogen (secondary N) is 1.